The van der Waals surface area contributed by atoms with E-state index in [0.29, 0.717) is 0 Å². The van der Waals surface area contributed by atoms with Crippen molar-refractivity contribution < 1.29 is 18.1 Å². The van der Waals surface area contributed by atoms with Crippen molar-refractivity contribution in [1.82, 2.24) is 0 Å². The molecule has 16 heavy (non-hydrogen) atoms. The lowest BCUT2D eigenvalue weighted by Gasteiger charge is -2.04. The van der Waals surface area contributed by atoms with Crippen molar-refractivity contribution >= 4 is 22.0 Å². The van der Waals surface area contributed by atoms with Crippen LogP contribution in [-0.2, 0) is 10.0 Å². The van der Waals surface area contributed by atoms with Crippen LogP contribution in [0.1, 0.15) is 15.9 Å². The molecule has 7 nitrogen and oxygen atoms in total. The largest absolute Gasteiger partial charge is 0.298 e. The molecule has 0 atom stereocenters. The van der Waals surface area contributed by atoms with Crippen LogP contribution >= 0.6 is 0 Å². The van der Waals surface area contributed by atoms with Gasteiger partial charge in [0.15, 0.2) is 6.29 Å². The summed E-state index contributed by atoms with van der Waals surface area (Å²) in [5.74, 6) is 0. The standard InChI is InChI=1S/C8H8N2O5S/c1-5-2-6(4-11)8(16(9,14)15)3-7(5)10(12)13/h2-4H,1H3,(H2,9,14,15). The average molecular weight is 244 g/mol. The third-order valence-electron chi connectivity index (χ3n) is 1.96. The second-order valence-corrected chi connectivity index (χ2v) is 4.63. The molecule has 0 aromatic heterocycles. The molecule has 1 aromatic carbocycles. The topological polar surface area (TPSA) is 120 Å². The molecule has 0 unspecified atom stereocenters. The molecule has 2 N–H and O–H groups in total. The summed E-state index contributed by atoms with van der Waals surface area (Å²) in [6, 6.07) is 1.90. The minimum atomic E-state index is -4.15. The fraction of sp³-hybridized carbons (Fsp3) is 0.125. The summed E-state index contributed by atoms with van der Waals surface area (Å²) in [5, 5.41) is 15.4. The predicted molar refractivity (Wildman–Crippen MR) is 54.6 cm³/mol. The van der Waals surface area contributed by atoms with Crippen LogP contribution < -0.4 is 5.14 Å². The highest BCUT2D eigenvalue weighted by Crippen LogP contribution is 2.24. The second kappa shape index (κ2) is 3.99. The van der Waals surface area contributed by atoms with Crippen molar-refractivity contribution in [3.8, 4) is 0 Å². The van der Waals surface area contributed by atoms with Crippen LogP contribution in [0, 0.1) is 17.0 Å². The number of nitro benzene ring substituents is 1. The molecule has 0 saturated heterocycles. The Bertz CT molecular complexity index is 564. The molecule has 8 heteroatoms. The molecule has 0 radical (unpaired) electrons. The van der Waals surface area contributed by atoms with Gasteiger partial charge in [0.05, 0.1) is 9.82 Å². The van der Waals surface area contributed by atoms with Gasteiger partial charge in [-0.15, -0.1) is 0 Å². The van der Waals surface area contributed by atoms with Crippen molar-refractivity contribution in [2.24, 2.45) is 5.14 Å². The Morgan fingerprint density at radius 2 is 2.00 bits per heavy atom. The number of carbonyl (C=O) groups is 1. The molecule has 0 aliphatic carbocycles. The van der Waals surface area contributed by atoms with E-state index in [1.54, 1.807) is 0 Å². The van der Waals surface area contributed by atoms with Crippen LogP contribution in [0.2, 0.25) is 0 Å². The fourth-order valence-corrected chi connectivity index (χ4v) is 1.95. The van der Waals surface area contributed by atoms with Crippen LogP contribution in [0.25, 0.3) is 0 Å². The van der Waals surface area contributed by atoms with Gasteiger partial charge in [-0.3, -0.25) is 14.9 Å². The van der Waals surface area contributed by atoms with E-state index in [-0.39, 0.29) is 17.4 Å². The summed E-state index contributed by atoms with van der Waals surface area (Å²) in [6.07, 6.45) is 0.288. The minimum Gasteiger partial charge on any atom is -0.298 e. The Morgan fingerprint density at radius 3 is 2.38 bits per heavy atom. The third kappa shape index (κ3) is 2.23. The molecular formula is C8H8N2O5S. The first kappa shape index (κ1) is 12.3. The number of nitrogens with zero attached hydrogens (tertiary/aromatic N) is 1. The maximum absolute atomic E-state index is 11.1. The number of nitrogens with two attached hydrogens (primary N) is 1. The van der Waals surface area contributed by atoms with Crippen molar-refractivity contribution in [2.75, 3.05) is 0 Å². The zero-order valence-corrected chi connectivity index (χ0v) is 9.02. The molecular weight excluding hydrogens is 236 g/mol. The van der Waals surface area contributed by atoms with Gasteiger partial charge in [0, 0.05) is 17.2 Å². The van der Waals surface area contributed by atoms with E-state index in [2.05, 4.69) is 0 Å². The number of nitro groups is 1. The molecule has 0 saturated carbocycles. The third-order valence-corrected chi connectivity index (χ3v) is 2.93. The molecule has 0 fully saturated rings. The molecule has 0 spiro atoms. The monoisotopic (exact) mass is 244 g/mol. The normalized spacial score (nSPS) is 11.1. The first-order valence-electron chi connectivity index (χ1n) is 4.04. The Morgan fingerprint density at radius 1 is 1.44 bits per heavy atom. The molecule has 0 heterocycles. The number of hydrogen-bond acceptors (Lipinski definition) is 5. The van der Waals surface area contributed by atoms with E-state index in [1.165, 1.54) is 6.92 Å². The Balaban J connectivity index is 3.66. The maximum Gasteiger partial charge on any atom is 0.273 e. The lowest BCUT2D eigenvalue weighted by molar-refractivity contribution is -0.385. The Kier molecular flexibility index (Phi) is 3.06. The highest BCUT2D eigenvalue weighted by Gasteiger charge is 2.21. The van der Waals surface area contributed by atoms with Gasteiger partial charge < -0.3 is 0 Å². The number of aryl methyl sites for hydroxylation is 1. The van der Waals surface area contributed by atoms with E-state index in [9.17, 15) is 23.3 Å². The van der Waals surface area contributed by atoms with Gasteiger partial charge >= 0.3 is 0 Å². The number of primary sulfonamides is 1. The highest BCUT2D eigenvalue weighted by molar-refractivity contribution is 7.89. The van der Waals surface area contributed by atoms with E-state index >= 15 is 0 Å². The zero-order chi connectivity index (χ0) is 12.5. The van der Waals surface area contributed by atoms with E-state index in [0.717, 1.165) is 12.1 Å². The predicted octanol–water partition coefficient (Wildman–Crippen LogP) is 0.363. The Labute approximate surface area is 91.1 Å². The lowest BCUT2D eigenvalue weighted by atomic mass is 10.1. The zero-order valence-electron chi connectivity index (χ0n) is 8.21. The summed E-state index contributed by atoms with van der Waals surface area (Å²) in [7, 11) is -4.15. The van der Waals surface area contributed by atoms with Crippen LogP contribution in [-0.4, -0.2) is 19.6 Å². The summed E-state index contributed by atoms with van der Waals surface area (Å²) in [6.45, 7) is 1.40. The van der Waals surface area contributed by atoms with Crippen LogP contribution in [0.5, 0.6) is 0 Å². The summed E-state index contributed by atoms with van der Waals surface area (Å²) >= 11 is 0. The lowest BCUT2D eigenvalue weighted by Crippen LogP contribution is -2.15. The van der Waals surface area contributed by atoms with Gasteiger partial charge in [-0.1, -0.05) is 0 Å². The van der Waals surface area contributed by atoms with Crippen molar-refractivity contribution in [1.29, 1.82) is 0 Å². The van der Waals surface area contributed by atoms with E-state index in [4.69, 9.17) is 5.14 Å². The number of rotatable bonds is 3. The molecule has 0 aliphatic rings. The molecule has 0 aliphatic heterocycles. The van der Waals surface area contributed by atoms with Gasteiger partial charge in [0.1, 0.15) is 0 Å². The first-order chi connectivity index (χ1) is 7.27. The summed E-state index contributed by atoms with van der Waals surface area (Å²) in [5.41, 5.74) is -0.389. The summed E-state index contributed by atoms with van der Waals surface area (Å²) < 4.78 is 22.2. The number of carbonyl (C=O) groups excluding carboxylic acids is 1. The van der Waals surface area contributed by atoms with Gasteiger partial charge in [0.25, 0.3) is 5.69 Å². The fourth-order valence-electron chi connectivity index (χ4n) is 1.23. The number of sulfonamides is 1. The van der Waals surface area contributed by atoms with Crippen molar-refractivity contribution in [3.05, 3.63) is 33.4 Å². The summed E-state index contributed by atoms with van der Waals surface area (Å²) in [4.78, 5) is 19.9. The maximum atomic E-state index is 11.1. The average Bonchev–Trinajstić information content (AvgIpc) is 2.14. The van der Waals surface area contributed by atoms with Crippen LogP contribution in [0.15, 0.2) is 17.0 Å². The van der Waals surface area contributed by atoms with Crippen molar-refractivity contribution in [2.45, 2.75) is 11.8 Å². The molecule has 86 valence electrons. The Hall–Kier alpha value is -1.80. The number of hydrogen-bond donors (Lipinski definition) is 1. The molecule has 0 amide bonds. The molecule has 1 aromatic rings. The van der Waals surface area contributed by atoms with Gasteiger partial charge in [0.2, 0.25) is 10.0 Å². The minimum absolute atomic E-state index is 0.189. The number of aldehydes is 1. The quantitative estimate of drug-likeness (QED) is 0.467. The second-order valence-electron chi connectivity index (χ2n) is 3.10. The van der Waals surface area contributed by atoms with E-state index < -0.39 is 25.5 Å². The van der Waals surface area contributed by atoms with Crippen LogP contribution in [0.4, 0.5) is 5.69 Å². The smallest absolute Gasteiger partial charge is 0.273 e. The SMILES string of the molecule is Cc1cc(C=O)c(S(N)(=O)=O)cc1[N+](=O)[O-]. The van der Waals surface area contributed by atoms with E-state index in [1.807, 2.05) is 0 Å². The van der Waals surface area contributed by atoms with Gasteiger partial charge in [-0.25, -0.2) is 13.6 Å². The highest BCUT2D eigenvalue weighted by atomic mass is 32.2. The van der Waals surface area contributed by atoms with Gasteiger partial charge in [-0.2, -0.15) is 0 Å². The van der Waals surface area contributed by atoms with Gasteiger partial charge in [-0.05, 0) is 13.0 Å². The number of benzene rings is 1. The molecule has 1 rings (SSSR count). The first-order valence-corrected chi connectivity index (χ1v) is 5.59. The van der Waals surface area contributed by atoms with Crippen molar-refractivity contribution in [3.63, 3.8) is 0 Å². The molecule has 0 bridgehead atoms. The van der Waals surface area contributed by atoms with Crippen LogP contribution in [0.3, 0.4) is 0 Å².